The first kappa shape index (κ1) is 24.3. The first-order valence-corrected chi connectivity index (χ1v) is 15.1. The summed E-state index contributed by atoms with van der Waals surface area (Å²) in [7, 11) is -3.48. The summed E-state index contributed by atoms with van der Waals surface area (Å²) in [5.41, 5.74) is 2.47. The van der Waals surface area contributed by atoms with Gasteiger partial charge in [0.25, 0.3) is 0 Å². The van der Waals surface area contributed by atoms with Crippen molar-refractivity contribution in [3.05, 3.63) is 29.3 Å². The van der Waals surface area contributed by atoms with Crippen molar-refractivity contribution in [2.75, 3.05) is 45.8 Å². The van der Waals surface area contributed by atoms with E-state index >= 15 is 0 Å². The summed E-state index contributed by atoms with van der Waals surface area (Å²) >= 11 is 0. The predicted molar refractivity (Wildman–Crippen MR) is 134 cm³/mol. The van der Waals surface area contributed by atoms with Crippen LogP contribution in [0.2, 0.25) is 0 Å². The molecule has 0 unspecified atom stereocenters. The monoisotopic (exact) mass is 487 g/mol. The maximum atomic E-state index is 13.3. The van der Waals surface area contributed by atoms with Gasteiger partial charge in [-0.1, -0.05) is 25.3 Å². The Morgan fingerprint density at radius 3 is 2.35 bits per heavy atom. The molecule has 2 heterocycles. The van der Waals surface area contributed by atoms with Gasteiger partial charge >= 0.3 is 0 Å². The molecule has 1 saturated carbocycles. The molecule has 1 aromatic carbocycles. The van der Waals surface area contributed by atoms with E-state index in [9.17, 15) is 13.2 Å². The van der Waals surface area contributed by atoms with Crippen LogP contribution in [0.4, 0.5) is 0 Å². The number of rotatable bonds is 5. The van der Waals surface area contributed by atoms with Gasteiger partial charge in [-0.25, -0.2) is 8.42 Å². The number of fused-ring (bicyclic) bond motifs is 1. The Bertz CT molecular complexity index is 965. The molecule has 0 bridgehead atoms. The highest BCUT2D eigenvalue weighted by atomic mass is 32.2. The number of sulfonamides is 1. The molecule has 2 aliphatic heterocycles. The highest BCUT2D eigenvalue weighted by Gasteiger charge is 2.34. The van der Waals surface area contributed by atoms with Crippen LogP contribution in [0.5, 0.6) is 0 Å². The standard InChI is InChI=1S/C27H41N3O3S/c31-27(29-15-5-14-28(18-19-29)21-22-6-2-1-3-7-22)24-12-16-30(17-13-24)34(32,33)26-11-10-23-8-4-9-25(23)20-26/h10-11,20,22,24H,1-9,12-19,21H2. The van der Waals surface area contributed by atoms with Gasteiger partial charge in [-0.2, -0.15) is 4.31 Å². The second kappa shape index (κ2) is 10.7. The van der Waals surface area contributed by atoms with Gasteiger partial charge < -0.3 is 9.80 Å². The Kier molecular flexibility index (Phi) is 7.61. The van der Waals surface area contributed by atoms with E-state index in [1.54, 1.807) is 10.4 Å². The van der Waals surface area contributed by atoms with E-state index in [0.29, 0.717) is 30.8 Å². The summed E-state index contributed by atoms with van der Waals surface area (Å²) < 4.78 is 28.1. The zero-order chi connectivity index (χ0) is 23.5. The maximum Gasteiger partial charge on any atom is 0.243 e. The maximum absolute atomic E-state index is 13.3. The van der Waals surface area contributed by atoms with Crippen molar-refractivity contribution >= 4 is 15.9 Å². The Morgan fingerprint density at radius 1 is 0.794 bits per heavy atom. The first-order chi connectivity index (χ1) is 16.5. The van der Waals surface area contributed by atoms with Gasteiger partial charge in [0.15, 0.2) is 0 Å². The van der Waals surface area contributed by atoms with Gasteiger partial charge in [0.1, 0.15) is 0 Å². The van der Waals surface area contributed by atoms with Crippen LogP contribution >= 0.6 is 0 Å². The van der Waals surface area contributed by atoms with Crippen molar-refractivity contribution in [1.29, 1.82) is 0 Å². The molecule has 1 amide bonds. The molecule has 34 heavy (non-hydrogen) atoms. The summed E-state index contributed by atoms with van der Waals surface area (Å²) in [6, 6.07) is 5.64. The highest BCUT2D eigenvalue weighted by Crippen LogP contribution is 2.29. The molecule has 0 radical (unpaired) electrons. The number of aryl methyl sites for hydroxylation is 2. The zero-order valence-corrected chi connectivity index (χ0v) is 21.4. The second-order valence-electron chi connectivity index (χ2n) is 10.9. The van der Waals surface area contributed by atoms with E-state index in [2.05, 4.69) is 9.80 Å². The Balaban J connectivity index is 1.13. The van der Waals surface area contributed by atoms with E-state index in [1.165, 1.54) is 49.8 Å². The fourth-order valence-corrected chi connectivity index (χ4v) is 8.09. The summed E-state index contributed by atoms with van der Waals surface area (Å²) in [6.45, 7) is 5.81. The van der Waals surface area contributed by atoms with Gasteiger partial charge in [-0.15, -0.1) is 0 Å². The van der Waals surface area contributed by atoms with Gasteiger partial charge in [-0.05, 0) is 87.1 Å². The molecule has 0 spiro atoms. The average Bonchev–Trinajstić information content (AvgIpc) is 3.22. The zero-order valence-electron chi connectivity index (χ0n) is 20.6. The van der Waals surface area contributed by atoms with Crippen molar-refractivity contribution in [1.82, 2.24) is 14.1 Å². The molecule has 188 valence electrons. The third-order valence-corrected chi connectivity index (χ3v) is 10.5. The lowest BCUT2D eigenvalue weighted by molar-refractivity contribution is -0.136. The molecule has 0 aromatic heterocycles. The molecule has 2 saturated heterocycles. The van der Waals surface area contributed by atoms with Crippen LogP contribution in [0.1, 0.15) is 68.9 Å². The average molecular weight is 488 g/mol. The largest absolute Gasteiger partial charge is 0.341 e. The van der Waals surface area contributed by atoms with Gasteiger partial charge in [0, 0.05) is 45.2 Å². The molecular formula is C27H41N3O3S. The quantitative estimate of drug-likeness (QED) is 0.636. The normalized spacial score (nSPS) is 24.2. The number of carbonyl (C=O) groups is 1. The highest BCUT2D eigenvalue weighted by molar-refractivity contribution is 7.89. The number of nitrogens with zero attached hydrogens (tertiary/aromatic N) is 3. The molecule has 3 fully saturated rings. The molecule has 0 N–H and O–H groups in total. The van der Waals surface area contributed by atoms with Crippen LogP contribution in [-0.2, 0) is 27.7 Å². The lowest BCUT2D eigenvalue weighted by atomic mass is 9.89. The summed E-state index contributed by atoms with van der Waals surface area (Å²) in [5.74, 6) is 1.04. The van der Waals surface area contributed by atoms with Crippen molar-refractivity contribution < 1.29 is 13.2 Å². The smallest absolute Gasteiger partial charge is 0.243 e. The van der Waals surface area contributed by atoms with Crippen molar-refractivity contribution in [3.8, 4) is 0 Å². The minimum atomic E-state index is -3.48. The van der Waals surface area contributed by atoms with E-state index in [1.807, 2.05) is 12.1 Å². The molecule has 5 rings (SSSR count). The Hall–Kier alpha value is -1.44. The van der Waals surface area contributed by atoms with E-state index in [0.717, 1.165) is 57.8 Å². The second-order valence-corrected chi connectivity index (χ2v) is 12.9. The third kappa shape index (κ3) is 5.36. The molecule has 0 atom stereocenters. The molecule has 1 aromatic rings. The van der Waals surface area contributed by atoms with Gasteiger partial charge in [0.05, 0.1) is 4.90 Å². The summed E-state index contributed by atoms with van der Waals surface area (Å²) in [6.07, 6.45) is 12.3. The van der Waals surface area contributed by atoms with E-state index in [4.69, 9.17) is 0 Å². The molecular weight excluding hydrogens is 446 g/mol. The number of carbonyl (C=O) groups excluding carboxylic acids is 1. The van der Waals surface area contributed by atoms with Crippen LogP contribution in [0.25, 0.3) is 0 Å². The number of hydrogen-bond acceptors (Lipinski definition) is 4. The van der Waals surface area contributed by atoms with Gasteiger partial charge in [-0.3, -0.25) is 4.79 Å². The topological polar surface area (TPSA) is 60.9 Å². The van der Waals surface area contributed by atoms with Gasteiger partial charge in [0.2, 0.25) is 15.9 Å². The van der Waals surface area contributed by atoms with Crippen LogP contribution < -0.4 is 0 Å². The predicted octanol–water partition coefficient (Wildman–Crippen LogP) is 3.69. The van der Waals surface area contributed by atoms with E-state index in [-0.39, 0.29) is 11.8 Å². The van der Waals surface area contributed by atoms with E-state index < -0.39 is 10.0 Å². The summed E-state index contributed by atoms with van der Waals surface area (Å²) in [4.78, 5) is 18.4. The van der Waals surface area contributed by atoms with Crippen LogP contribution in [0, 0.1) is 11.8 Å². The Morgan fingerprint density at radius 2 is 1.56 bits per heavy atom. The number of amides is 1. The SMILES string of the molecule is O=C(C1CCN(S(=O)(=O)c2ccc3c(c2)CCC3)CC1)N1CCCN(CC2CCCCC2)CC1. The Labute approximate surface area is 205 Å². The lowest BCUT2D eigenvalue weighted by Crippen LogP contribution is -2.45. The number of hydrogen-bond donors (Lipinski definition) is 0. The fraction of sp³-hybridized carbons (Fsp3) is 0.741. The minimum Gasteiger partial charge on any atom is -0.341 e. The lowest BCUT2D eigenvalue weighted by Gasteiger charge is -2.33. The molecule has 6 nitrogen and oxygen atoms in total. The van der Waals surface area contributed by atoms with Crippen LogP contribution in [0.15, 0.2) is 23.1 Å². The fourth-order valence-electron chi connectivity index (χ4n) is 6.57. The minimum absolute atomic E-state index is 0.0450. The first-order valence-electron chi connectivity index (χ1n) is 13.6. The molecule has 7 heteroatoms. The molecule has 4 aliphatic rings. The summed E-state index contributed by atoms with van der Waals surface area (Å²) in [5, 5.41) is 0. The van der Waals surface area contributed by atoms with Crippen molar-refractivity contribution in [2.45, 2.75) is 75.5 Å². The number of piperidine rings is 1. The number of benzene rings is 1. The van der Waals surface area contributed by atoms with Crippen molar-refractivity contribution in [2.24, 2.45) is 11.8 Å². The van der Waals surface area contributed by atoms with Crippen molar-refractivity contribution in [3.63, 3.8) is 0 Å². The third-order valence-electron chi connectivity index (χ3n) is 8.65. The molecule has 2 aliphatic carbocycles. The van der Waals surface area contributed by atoms with Crippen LogP contribution in [-0.4, -0.2) is 74.2 Å². The van der Waals surface area contributed by atoms with Crippen LogP contribution in [0.3, 0.4) is 0 Å².